The van der Waals surface area contributed by atoms with E-state index in [1.165, 1.54) is 0 Å². The number of thiophene rings is 1. The molecule has 0 saturated carbocycles. The molecule has 1 atom stereocenters. The molecular formula is C24H24N8S. The number of pyridine rings is 1. The molecule has 1 unspecified atom stereocenters. The van der Waals surface area contributed by atoms with Crippen molar-refractivity contribution in [3.8, 4) is 6.19 Å². The normalized spacial score (nSPS) is 17.0. The average molecular weight is 457 g/mol. The Bertz CT molecular complexity index is 1350. The summed E-state index contributed by atoms with van der Waals surface area (Å²) in [6.45, 7) is 6.68. The summed E-state index contributed by atoms with van der Waals surface area (Å²) in [6.07, 6.45) is 5.50. The number of aromatic nitrogens is 3. The first-order valence-corrected chi connectivity index (χ1v) is 11.8. The third kappa shape index (κ3) is 4.05. The van der Waals surface area contributed by atoms with Crippen LogP contribution in [0, 0.1) is 17.4 Å². The lowest BCUT2D eigenvalue weighted by Crippen LogP contribution is -2.59. The molecule has 3 aromatic heterocycles. The highest BCUT2D eigenvalue weighted by Gasteiger charge is 2.33. The second-order valence-corrected chi connectivity index (χ2v) is 9.22. The summed E-state index contributed by atoms with van der Waals surface area (Å²) >= 11 is 1.67. The third-order valence-corrected chi connectivity index (χ3v) is 6.90. The first kappa shape index (κ1) is 21.1. The van der Waals surface area contributed by atoms with E-state index < -0.39 is 0 Å². The highest BCUT2D eigenvalue weighted by molar-refractivity contribution is 7.17. The zero-order valence-corrected chi connectivity index (χ0v) is 19.3. The van der Waals surface area contributed by atoms with Gasteiger partial charge in [-0.05, 0) is 41.6 Å². The van der Waals surface area contributed by atoms with Gasteiger partial charge in [0.25, 0.3) is 0 Å². The highest BCUT2D eigenvalue weighted by Crippen LogP contribution is 2.31. The summed E-state index contributed by atoms with van der Waals surface area (Å²) < 4.78 is 1.11. The summed E-state index contributed by atoms with van der Waals surface area (Å²) in [4.78, 5) is 22.9. The summed E-state index contributed by atoms with van der Waals surface area (Å²) in [5, 5.41) is 15.4. The molecule has 0 radical (unpaired) electrons. The van der Waals surface area contributed by atoms with Crippen LogP contribution < -0.4 is 10.2 Å². The monoisotopic (exact) mass is 456 g/mol. The van der Waals surface area contributed by atoms with Crippen LogP contribution in [0.1, 0.15) is 13.8 Å². The van der Waals surface area contributed by atoms with E-state index in [-0.39, 0.29) is 6.04 Å². The van der Waals surface area contributed by atoms with E-state index >= 15 is 0 Å². The Morgan fingerprint density at radius 1 is 1.15 bits per heavy atom. The van der Waals surface area contributed by atoms with Crippen LogP contribution in [0.25, 0.3) is 21.1 Å². The molecule has 4 aromatic rings. The molecule has 1 N–H and O–H groups in total. The Balaban J connectivity index is 1.49. The number of hydrogen-bond acceptors (Lipinski definition) is 7. The minimum absolute atomic E-state index is 0.149. The van der Waals surface area contributed by atoms with Gasteiger partial charge in [0.1, 0.15) is 12.1 Å². The Hall–Kier alpha value is -3.77. The van der Waals surface area contributed by atoms with E-state index in [1.807, 2.05) is 36.4 Å². The molecule has 1 aliphatic rings. The first-order valence-electron chi connectivity index (χ1n) is 10.9. The molecule has 33 heavy (non-hydrogen) atoms. The van der Waals surface area contributed by atoms with Crippen molar-refractivity contribution in [3.05, 3.63) is 54.3 Å². The molecular weight excluding hydrogens is 432 g/mol. The van der Waals surface area contributed by atoms with E-state index in [1.54, 1.807) is 23.9 Å². The molecule has 1 saturated heterocycles. The fourth-order valence-corrected chi connectivity index (χ4v) is 5.21. The largest absolute Gasteiger partial charge is 0.351 e. The Morgan fingerprint density at radius 3 is 2.91 bits per heavy atom. The number of nitrogens with zero attached hydrogens (tertiary/aromatic N) is 7. The summed E-state index contributed by atoms with van der Waals surface area (Å²) in [5.74, 6) is 1.89. The van der Waals surface area contributed by atoms with Crippen molar-refractivity contribution in [2.45, 2.75) is 19.9 Å². The predicted molar refractivity (Wildman–Crippen MR) is 133 cm³/mol. The lowest BCUT2D eigenvalue weighted by atomic mass is 9.99. The number of piperazine rings is 1. The van der Waals surface area contributed by atoms with Crippen molar-refractivity contribution in [1.29, 1.82) is 5.26 Å². The molecule has 0 spiro atoms. The maximum absolute atomic E-state index is 9.50. The molecule has 4 heterocycles. The number of fused-ring (bicyclic) bond motifs is 2. The van der Waals surface area contributed by atoms with E-state index in [0.717, 1.165) is 52.3 Å². The molecule has 1 aliphatic heterocycles. The molecule has 0 bridgehead atoms. The number of nitrogens with one attached hydrogen (secondary N) is 1. The minimum atomic E-state index is 0.149. The van der Waals surface area contributed by atoms with Gasteiger partial charge < -0.3 is 9.80 Å². The zero-order valence-electron chi connectivity index (χ0n) is 18.5. The van der Waals surface area contributed by atoms with Crippen LogP contribution in [-0.2, 0) is 0 Å². The van der Waals surface area contributed by atoms with Crippen LogP contribution in [0.5, 0.6) is 0 Å². The van der Waals surface area contributed by atoms with Crippen LogP contribution in [0.4, 0.5) is 11.5 Å². The fourth-order valence-electron chi connectivity index (χ4n) is 4.35. The molecule has 0 amide bonds. The fraction of sp³-hybridized carbons (Fsp3) is 0.292. The predicted octanol–water partition coefficient (Wildman–Crippen LogP) is 4.14. The molecule has 8 nitrogen and oxygen atoms in total. The second kappa shape index (κ2) is 9.00. The zero-order chi connectivity index (χ0) is 22.8. The number of benzene rings is 1. The van der Waals surface area contributed by atoms with E-state index in [9.17, 15) is 5.26 Å². The van der Waals surface area contributed by atoms with Crippen molar-refractivity contribution >= 4 is 49.9 Å². The molecule has 0 aliphatic carbocycles. The van der Waals surface area contributed by atoms with Gasteiger partial charge in [-0.25, -0.2) is 15.0 Å². The van der Waals surface area contributed by atoms with Crippen molar-refractivity contribution in [2.24, 2.45) is 10.9 Å². The van der Waals surface area contributed by atoms with Crippen molar-refractivity contribution in [1.82, 2.24) is 25.2 Å². The van der Waals surface area contributed by atoms with Crippen molar-refractivity contribution in [3.63, 3.8) is 0 Å². The van der Waals surface area contributed by atoms with Gasteiger partial charge in [0.05, 0.1) is 27.5 Å². The lowest BCUT2D eigenvalue weighted by molar-refractivity contribution is 0.220. The van der Waals surface area contributed by atoms with Crippen LogP contribution in [0.2, 0.25) is 0 Å². The van der Waals surface area contributed by atoms with Gasteiger partial charge in [-0.3, -0.25) is 10.3 Å². The number of hydrogen-bond donors (Lipinski definition) is 1. The molecule has 9 heteroatoms. The maximum atomic E-state index is 9.50. The summed E-state index contributed by atoms with van der Waals surface area (Å²) in [5.41, 5.74) is 2.65. The summed E-state index contributed by atoms with van der Waals surface area (Å²) in [6, 6.07) is 12.0. The van der Waals surface area contributed by atoms with Gasteiger partial charge in [-0.1, -0.05) is 19.9 Å². The van der Waals surface area contributed by atoms with Crippen LogP contribution in [0.15, 0.2) is 59.3 Å². The number of anilines is 1. The van der Waals surface area contributed by atoms with Gasteiger partial charge in [0.15, 0.2) is 6.19 Å². The Labute approximate surface area is 196 Å². The van der Waals surface area contributed by atoms with Gasteiger partial charge in [-0.2, -0.15) is 5.26 Å². The smallest absolute Gasteiger partial charge is 0.213 e. The van der Waals surface area contributed by atoms with Gasteiger partial charge in [0, 0.05) is 31.2 Å². The standard InChI is InChI=1S/C24H24N8S/c1-16(2)21-13-31(23-22-20(8-12-33-22)28-15-29-23)10-11-32(21)24(27-14-25)30-19-7-3-6-18-17(19)5-4-9-26-18/h3-9,12,15-16,21H,10-11,13H2,1-2H3,(H,27,30). The van der Waals surface area contributed by atoms with Crippen LogP contribution >= 0.6 is 11.3 Å². The molecule has 1 aromatic carbocycles. The van der Waals surface area contributed by atoms with Crippen molar-refractivity contribution in [2.75, 3.05) is 24.5 Å². The molecule has 166 valence electrons. The lowest BCUT2D eigenvalue weighted by Gasteiger charge is -2.44. The van der Waals surface area contributed by atoms with Gasteiger partial charge in [-0.15, -0.1) is 11.3 Å². The summed E-state index contributed by atoms with van der Waals surface area (Å²) in [7, 11) is 0. The maximum Gasteiger partial charge on any atom is 0.213 e. The van der Waals surface area contributed by atoms with Gasteiger partial charge >= 0.3 is 0 Å². The van der Waals surface area contributed by atoms with Crippen LogP contribution in [-0.4, -0.2) is 51.5 Å². The van der Waals surface area contributed by atoms with E-state index in [2.05, 4.69) is 55.5 Å². The highest BCUT2D eigenvalue weighted by atomic mass is 32.1. The van der Waals surface area contributed by atoms with Crippen molar-refractivity contribution < 1.29 is 0 Å². The molecule has 1 fully saturated rings. The van der Waals surface area contributed by atoms with Gasteiger partial charge in [0.2, 0.25) is 5.96 Å². The topological polar surface area (TPSA) is 93.3 Å². The minimum Gasteiger partial charge on any atom is -0.351 e. The Morgan fingerprint density at radius 2 is 2.06 bits per heavy atom. The second-order valence-electron chi connectivity index (χ2n) is 8.30. The average Bonchev–Trinajstić information content (AvgIpc) is 3.33. The van der Waals surface area contributed by atoms with Crippen LogP contribution in [0.3, 0.4) is 0 Å². The first-order chi connectivity index (χ1) is 16.2. The Kier molecular flexibility index (Phi) is 5.75. The quantitative estimate of drug-likeness (QED) is 0.214. The van der Waals surface area contributed by atoms with E-state index in [0.29, 0.717) is 11.9 Å². The number of rotatable bonds is 3. The molecule has 5 rings (SSSR count). The number of aliphatic imine (C=N–C) groups is 1. The number of guanidine groups is 1. The van der Waals surface area contributed by atoms with E-state index in [4.69, 9.17) is 4.99 Å². The number of nitriles is 1. The SMILES string of the molecule is CC(C)C1CN(c2ncnc3ccsc23)CCN1C(=Nc1cccc2ncccc12)NC#N. The third-order valence-electron chi connectivity index (χ3n) is 6.00.